The first-order valence-corrected chi connectivity index (χ1v) is 5.06. The van der Waals surface area contributed by atoms with E-state index in [1.54, 1.807) is 10.9 Å². The summed E-state index contributed by atoms with van der Waals surface area (Å²) in [4.78, 5) is 11.7. The average molecular weight is 209 g/mol. The van der Waals surface area contributed by atoms with Crippen LogP contribution in [0.4, 0.5) is 0 Å². The van der Waals surface area contributed by atoms with Crippen molar-refractivity contribution >= 4 is 5.91 Å². The van der Waals surface area contributed by atoms with Crippen LogP contribution in [0.25, 0.3) is 0 Å². The number of carbonyl (C=O) groups is 1. The third kappa shape index (κ3) is 2.33. The fraction of sp³-hybridized carbons (Fsp3) is 0.667. The van der Waals surface area contributed by atoms with Crippen LogP contribution in [0, 0.1) is 0 Å². The lowest BCUT2D eigenvalue weighted by Gasteiger charge is -2.08. The molecule has 3 N–H and O–H groups in total. The molecule has 1 aliphatic carbocycles. The number of aromatic nitrogens is 3. The van der Waals surface area contributed by atoms with Gasteiger partial charge in [-0.3, -0.25) is 9.48 Å². The molecule has 1 heterocycles. The number of nitrogens with zero attached hydrogens (tertiary/aromatic N) is 3. The molecule has 1 amide bonds. The van der Waals surface area contributed by atoms with Gasteiger partial charge in [-0.2, -0.15) is 0 Å². The Morgan fingerprint density at radius 2 is 2.47 bits per heavy atom. The lowest BCUT2D eigenvalue weighted by Crippen LogP contribution is -2.34. The summed E-state index contributed by atoms with van der Waals surface area (Å²) in [5.74, 6) is -0.154. The summed E-state index contributed by atoms with van der Waals surface area (Å²) >= 11 is 0. The average Bonchev–Trinajstić information content (AvgIpc) is 2.74. The molecule has 1 saturated carbocycles. The SMILES string of the molecule is CC1(NC(=O)c2cn(CCN)nn2)CC1. The minimum absolute atomic E-state index is 0.0191. The maximum Gasteiger partial charge on any atom is 0.273 e. The maximum absolute atomic E-state index is 11.7. The van der Waals surface area contributed by atoms with Gasteiger partial charge >= 0.3 is 0 Å². The van der Waals surface area contributed by atoms with Gasteiger partial charge in [-0.25, -0.2) is 0 Å². The van der Waals surface area contributed by atoms with Gasteiger partial charge in [-0.05, 0) is 19.8 Å². The Morgan fingerprint density at radius 3 is 3.07 bits per heavy atom. The summed E-state index contributed by atoms with van der Waals surface area (Å²) in [6.07, 6.45) is 3.69. The van der Waals surface area contributed by atoms with Crippen molar-refractivity contribution in [1.82, 2.24) is 20.3 Å². The van der Waals surface area contributed by atoms with Crippen molar-refractivity contribution in [2.24, 2.45) is 5.73 Å². The molecule has 0 aromatic carbocycles. The molecular weight excluding hydrogens is 194 g/mol. The number of nitrogens with two attached hydrogens (primary N) is 1. The second kappa shape index (κ2) is 3.62. The molecule has 0 bridgehead atoms. The van der Waals surface area contributed by atoms with Crippen LogP contribution in [-0.4, -0.2) is 33.0 Å². The van der Waals surface area contributed by atoms with E-state index >= 15 is 0 Å². The third-order valence-corrected chi connectivity index (χ3v) is 2.54. The molecule has 6 heteroatoms. The molecule has 1 fully saturated rings. The molecule has 0 atom stereocenters. The van der Waals surface area contributed by atoms with Crippen molar-refractivity contribution in [3.63, 3.8) is 0 Å². The molecule has 15 heavy (non-hydrogen) atoms. The number of hydrogen-bond donors (Lipinski definition) is 2. The van der Waals surface area contributed by atoms with Gasteiger partial charge in [0.15, 0.2) is 5.69 Å². The van der Waals surface area contributed by atoms with E-state index in [0.717, 1.165) is 12.8 Å². The van der Waals surface area contributed by atoms with Crippen LogP contribution in [0.5, 0.6) is 0 Å². The zero-order valence-corrected chi connectivity index (χ0v) is 8.73. The first-order chi connectivity index (χ1) is 7.13. The summed E-state index contributed by atoms with van der Waals surface area (Å²) < 4.78 is 1.57. The molecule has 1 aromatic rings. The van der Waals surface area contributed by atoms with Crippen molar-refractivity contribution in [1.29, 1.82) is 0 Å². The summed E-state index contributed by atoms with van der Waals surface area (Å²) in [7, 11) is 0. The van der Waals surface area contributed by atoms with Crippen molar-refractivity contribution in [3.8, 4) is 0 Å². The van der Waals surface area contributed by atoms with E-state index in [4.69, 9.17) is 5.73 Å². The number of carbonyl (C=O) groups excluding carboxylic acids is 1. The summed E-state index contributed by atoms with van der Waals surface area (Å²) in [5, 5.41) is 10.5. The van der Waals surface area contributed by atoms with Crippen LogP contribution in [0.1, 0.15) is 30.3 Å². The minimum atomic E-state index is -0.154. The van der Waals surface area contributed by atoms with Gasteiger partial charge in [0.05, 0.1) is 12.7 Å². The number of amides is 1. The smallest absolute Gasteiger partial charge is 0.273 e. The molecule has 0 radical (unpaired) electrons. The highest BCUT2D eigenvalue weighted by molar-refractivity contribution is 5.92. The molecule has 0 saturated heterocycles. The molecule has 0 aliphatic heterocycles. The topological polar surface area (TPSA) is 85.8 Å². The first kappa shape index (κ1) is 10.1. The van der Waals surface area contributed by atoms with Crippen molar-refractivity contribution < 1.29 is 4.79 Å². The van der Waals surface area contributed by atoms with E-state index in [0.29, 0.717) is 18.8 Å². The standard InChI is InChI=1S/C9H15N5O/c1-9(2-3-9)11-8(15)7-6-14(5-4-10)13-12-7/h6H,2-5,10H2,1H3,(H,11,15). The highest BCUT2D eigenvalue weighted by Crippen LogP contribution is 2.34. The number of nitrogens with one attached hydrogen (secondary N) is 1. The highest BCUT2D eigenvalue weighted by Gasteiger charge is 2.39. The Bertz CT molecular complexity index is 368. The lowest BCUT2D eigenvalue weighted by molar-refractivity contribution is 0.0930. The zero-order valence-electron chi connectivity index (χ0n) is 8.73. The monoisotopic (exact) mass is 209 g/mol. The van der Waals surface area contributed by atoms with Crippen LogP contribution in [0.3, 0.4) is 0 Å². The maximum atomic E-state index is 11.7. The molecule has 6 nitrogen and oxygen atoms in total. The fourth-order valence-electron chi connectivity index (χ4n) is 1.29. The van der Waals surface area contributed by atoms with Crippen molar-refractivity contribution in [2.75, 3.05) is 6.54 Å². The van der Waals surface area contributed by atoms with Crippen LogP contribution in [-0.2, 0) is 6.54 Å². The molecule has 2 rings (SSSR count). The van der Waals surface area contributed by atoms with E-state index in [-0.39, 0.29) is 11.4 Å². The second-order valence-corrected chi connectivity index (χ2v) is 4.17. The summed E-state index contributed by atoms with van der Waals surface area (Å²) in [6.45, 7) is 3.09. The largest absolute Gasteiger partial charge is 0.345 e. The van der Waals surface area contributed by atoms with Gasteiger partial charge in [0, 0.05) is 12.1 Å². The van der Waals surface area contributed by atoms with E-state index in [1.165, 1.54) is 0 Å². The van der Waals surface area contributed by atoms with Gasteiger partial charge in [0.1, 0.15) is 0 Å². The summed E-state index contributed by atoms with van der Waals surface area (Å²) in [5.41, 5.74) is 5.71. The van der Waals surface area contributed by atoms with Gasteiger partial charge in [0.2, 0.25) is 0 Å². The normalized spacial score (nSPS) is 17.5. The Balaban J connectivity index is 1.98. The molecule has 1 aromatic heterocycles. The quantitative estimate of drug-likeness (QED) is 0.701. The van der Waals surface area contributed by atoms with Crippen LogP contribution in [0.15, 0.2) is 6.20 Å². The van der Waals surface area contributed by atoms with Crippen LogP contribution in [0.2, 0.25) is 0 Å². The third-order valence-electron chi connectivity index (χ3n) is 2.54. The Hall–Kier alpha value is -1.43. The zero-order chi connectivity index (χ0) is 10.9. The Labute approximate surface area is 87.8 Å². The van der Waals surface area contributed by atoms with E-state index in [9.17, 15) is 4.79 Å². The van der Waals surface area contributed by atoms with Crippen LogP contribution < -0.4 is 11.1 Å². The molecular formula is C9H15N5O. The van der Waals surface area contributed by atoms with Crippen molar-refractivity contribution in [2.45, 2.75) is 31.8 Å². The predicted molar refractivity (Wildman–Crippen MR) is 54.2 cm³/mol. The summed E-state index contributed by atoms with van der Waals surface area (Å²) in [6, 6.07) is 0. The predicted octanol–water partition coefficient (Wildman–Crippen LogP) is -0.481. The Kier molecular flexibility index (Phi) is 2.44. The van der Waals surface area contributed by atoms with Gasteiger partial charge in [0.25, 0.3) is 5.91 Å². The number of rotatable bonds is 4. The molecule has 82 valence electrons. The minimum Gasteiger partial charge on any atom is -0.345 e. The highest BCUT2D eigenvalue weighted by atomic mass is 16.2. The van der Waals surface area contributed by atoms with Gasteiger partial charge in [-0.1, -0.05) is 5.21 Å². The molecule has 0 unspecified atom stereocenters. The molecule has 1 aliphatic rings. The second-order valence-electron chi connectivity index (χ2n) is 4.17. The lowest BCUT2D eigenvalue weighted by atomic mass is 10.3. The fourth-order valence-corrected chi connectivity index (χ4v) is 1.29. The van der Waals surface area contributed by atoms with E-state index < -0.39 is 0 Å². The van der Waals surface area contributed by atoms with Crippen molar-refractivity contribution in [3.05, 3.63) is 11.9 Å². The van der Waals surface area contributed by atoms with Gasteiger partial charge in [-0.15, -0.1) is 5.10 Å². The molecule has 0 spiro atoms. The number of hydrogen-bond acceptors (Lipinski definition) is 4. The van der Waals surface area contributed by atoms with Gasteiger partial charge < -0.3 is 11.1 Å². The first-order valence-electron chi connectivity index (χ1n) is 5.06. The Morgan fingerprint density at radius 1 is 1.73 bits per heavy atom. The van der Waals surface area contributed by atoms with E-state index in [1.807, 2.05) is 6.92 Å². The van der Waals surface area contributed by atoms with E-state index in [2.05, 4.69) is 15.6 Å². The van der Waals surface area contributed by atoms with Crippen LogP contribution >= 0.6 is 0 Å².